The van der Waals surface area contributed by atoms with Crippen molar-refractivity contribution in [2.24, 2.45) is 5.92 Å². The SMILES string of the molecule is CCSCCCNCC(O)COCC1CC1. The molecule has 16 heavy (non-hydrogen) atoms. The zero-order valence-electron chi connectivity index (χ0n) is 10.3. The topological polar surface area (TPSA) is 41.5 Å². The second kappa shape index (κ2) is 9.28. The second-order valence-electron chi connectivity index (χ2n) is 4.39. The van der Waals surface area contributed by atoms with Crippen LogP contribution in [0.2, 0.25) is 0 Å². The molecule has 1 saturated carbocycles. The maximum atomic E-state index is 9.59. The van der Waals surface area contributed by atoms with E-state index < -0.39 is 0 Å². The van der Waals surface area contributed by atoms with Crippen LogP contribution in [0.25, 0.3) is 0 Å². The summed E-state index contributed by atoms with van der Waals surface area (Å²) < 4.78 is 5.42. The van der Waals surface area contributed by atoms with Gasteiger partial charge in [-0.15, -0.1) is 0 Å². The molecule has 0 heterocycles. The van der Waals surface area contributed by atoms with Crippen molar-refractivity contribution in [2.45, 2.75) is 32.3 Å². The van der Waals surface area contributed by atoms with E-state index in [1.807, 2.05) is 11.8 Å². The van der Waals surface area contributed by atoms with Crippen LogP contribution in [0.1, 0.15) is 26.2 Å². The van der Waals surface area contributed by atoms with Gasteiger partial charge in [0.15, 0.2) is 0 Å². The summed E-state index contributed by atoms with van der Waals surface area (Å²) in [4.78, 5) is 0. The standard InChI is InChI=1S/C12H25NO2S/c1-2-16-7-3-6-13-8-12(14)10-15-9-11-4-5-11/h11-14H,2-10H2,1H3. The molecule has 1 fully saturated rings. The molecule has 1 atom stereocenters. The van der Waals surface area contributed by atoms with Gasteiger partial charge in [-0.2, -0.15) is 11.8 Å². The molecule has 0 aromatic heterocycles. The van der Waals surface area contributed by atoms with Crippen molar-refractivity contribution in [1.82, 2.24) is 5.32 Å². The van der Waals surface area contributed by atoms with Gasteiger partial charge in [-0.25, -0.2) is 0 Å². The molecule has 2 N–H and O–H groups in total. The number of rotatable bonds is 11. The lowest BCUT2D eigenvalue weighted by molar-refractivity contribution is 0.0327. The Morgan fingerprint density at radius 3 is 3.00 bits per heavy atom. The molecule has 0 amide bonds. The predicted molar refractivity (Wildman–Crippen MR) is 70.0 cm³/mol. The summed E-state index contributed by atoms with van der Waals surface area (Å²) in [6, 6.07) is 0. The van der Waals surface area contributed by atoms with Crippen molar-refractivity contribution in [1.29, 1.82) is 0 Å². The van der Waals surface area contributed by atoms with E-state index >= 15 is 0 Å². The van der Waals surface area contributed by atoms with Gasteiger partial charge in [0.25, 0.3) is 0 Å². The fraction of sp³-hybridized carbons (Fsp3) is 1.00. The van der Waals surface area contributed by atoms with Gasteiger partial charge in [-0.05, 0) is 43.2 Å². The fourth-order valence-corrected chi connectivity index (χ4v) is 2.06. The predicted octanol–water partition coefficient (Wildman–Crippen LogP) is 1.51. The Morgan fingerprint density at radius 2 is 2.31 bits per heavy atom. The summed E-state index contributed by atoms with van der Waals surface area (Å²) in [7, 11) is 0. The van der Waals surface area contributed by atoms with Crippen LogP contribution < -0.4 is 5.32 Å². The van der Waals surface area contributed by atoms with Crippen LogP contribution in [0.15, 0.2) is 0 Å². The Labute approximate surface area is 103 Å². The van der Waals surface area contributed by atoms with Crippen molar-refractivity contribution in [3.05, 3.63) is 0 Å². The number of aliphatic hydroxyl groups is 1. The van der Waals surface area contributed by atoms with Gasteiger partial charge in [0.1, 0.15) is 0 Å². The van der Waals surface area contributed by atoms with Crippen LogP contribution in [0.4, 0.5) is 0 Å². The first-order valence-electron chi connectivity index (χ1n) is 6.37. The Bertz CT molecular complexity index is 165. The maximum absolute atomic E-state index is 9.59. The number of hydrogen-bond donors (Lipinski definition) is 2. The highest BCUT2D eigenvalue weighted by Crippen LogP contribution is 2.28. The minimum Gasteiger partial charge on any atom is -0.389 e. The van der Waals surface area contributed by atoms with Gasteiger partial charge < -0.3 is 15.2 Å². The monoisotopic (exact) mass is 247 g/mol. The largest absolute Gasteiger partial charge is 0.389 e. The van der Waals surface area contributed by atoms with Crippen LogP contribution in [-0.4, -0.2) is 49.0 Å². The lowest BCUT2D eigenvalue weighted by atomic mass is 10.3. The quantitative estimate of drug-likeness (QED) is 0.543. The lowest BCUT2D eigenvalue weighted by Crippen LogP contribution is -2.31. The number of aliphatic hydroxyl groups excluding tert-OH is 1. The summed E-state index contributed by atoms with van der Waals surface area (Å²) in [5.41, 5.74) is 0. The van der Waals surface area contributed by atoms with Crippen LogP contribution >= 0.6 is 11.8 Å². The van der Waals surface area contributed by atoms with Gasteiger partial charge in [-0.3, -0.25) is 0 Å². The van der Waals surface area contributed by atoms with Crippen LogP contribution in [0.5, 0.6) is 0 Å². The molecule has 0 aromatic rings. The minimum absolute atomic E-state index is 0.349. The summed E-state index contributed by atoms with van der Waals surface area (Å²) in [5.74, 6) is 3.18. The van der Waals surface area contributed by atoms with E-state index in [9.17, 15) is 5.11 Å². The van der Waals surface area contributed by atoms with Crippen molar-refractivity contribution in [3.63, 3.8) is 0 Å². The van der Waals surface area contributed by atoms with Crippen LogP contribution in [-0.2, 0) is 4.74 Å². The Balaban J connectivity index is 1.76. The maximum Gasteiger partial charge on any atom is 0.0897 e. The molecular formula is C12H25NO2S. The average molecular weight is 247 g/mol. The number of hydrogen-bond acceptors (Lipinski definition) is 4. The molecule has 0 aliphatic heterocycles. The molecule has 0 spiro atoms. The first-order valence-corrected chi connectivity index (χ1v) is 7.52. The number of nitrogens with one attached hydrogen (secondary N) is 1. The third-order valence-corrected chi connectivity index (χ3v) is 3.57. The van der Waals surface area contributed by atoms with E-state index in [-0.39, 0.29) is 6.10 Å². The molecule has 0 radical (unpaired) electrons. The third kappa shape index (κ3) is 8.39. The Kier molecular flexibility index (Phi) is 8.29. The van der Waals surface area contributed by atoms with E-state index in [1.54, 1.807) is 0 Å². The summed E-state index contributed by atoms with van der Waals surface area (Å²) in [6.07, 6.45) is 3.44. The molecule has 1 unspecified atom stereocenters. The second-order valence-corrected chi connectivity index (χ2v) is 5.78. The van der Waals surface area contributed by atoms with E-state index in [0.717, 1.165) is 19.1 Å². The summed E-state index contributed by atoms with van der Waals surface area (Å²) >= 11 is 1.96. The molecule has 0 aromatic carbocycles. The van der Waals surface area contributed by atoms with Crippen molar-refractivity contribution >= 4 is 11.8 Å². The Hall–Kier alpha value is 0.230. The Morgan fingerprint density at radius 1 is 1.50 bits per heavy atom. The van der Waals surface area contributed by atoms with Gasteiger partial charge in [-0.1, -0.05) is 6.92 Å². The van der Waals surface area contributed by atoms with Gasteiger partial charge in [0, 0.05) is 13.2 Å². The average Bonchev–Trinajstić information content (AvgIpc) is 3.07. The number of ether oxygens (including phenoxy) is 1. The third-order valence-electron chi connectivity index (χ3n) is 2.59. The molecule has 0 bridgehead atoms. The normalized spacial score (nSPS) is 17.6. The molecule has 96 valence electrons. The molecule has 4 heteroatoms. The van der Waals surface area contributed by atoms with E-state index in [4.69, 9.17) is 4.74 Å². The van der Waals surface area contributed by atoms with Crippen molar-refractivity contribution in [2.75, 3.05) is 37.8 Å². The highest BCUT2D eigenvalue weighted by atomic mass is 32.2. The number of thioether (sulfide) groups is 1. The van der Waals surface area contributed by atoms with Gasteiger partial charge >= 0.3 is 0 Å². The van der Waals surface area contributed by atoms with Crippen molar-refractivity contribution < 1.29 is 9.84 Å². The summed E-state index contributed by atoms with van der Waals surface area (Å²) in [6.45, 7) is 5.14. The molecule has 1 rings (SSSR count). The zero-order valence-corrected chi connectivity index (χ0v) is 11.1. The highest BCUT2D eigenvalue weighted by Gasteiger charge is 2.21. The smallest absolute Gasteiger partial charge is 0.0897 e. The highest BCUT2D eigenvalue weighted by molar-refractivity contribution is 7.99. The van der Waals surface area contributed by atoms with E-state index in [1.165, 1.54) is 30.8 Å². The molecule has 1 aliphatic carbocycles. The first kappa shape index (κ1) is 14.3. The van der Waals surface area contributed by atoms with Crippen LogP contribution in [0, 0.1) is 5.92 Å². The van der Waals surface area contributed by atoms with Crippen LogP contribution in [0.3, 0.4) is 0 Å². The fourth-order valence-electron chi connectivity index (χ4n) is 1.43. The van der Waals surface area contributed by atoms with E-state index in [2.05, 4.69) is 12.2 Å². The molecule has 0 saturated heterocycles. The summed E-state index contributed by atoms with van der Waals surface area (Å²) in [5, 5.41) is 12.8. The van der Waals surface area contributed by atoms with Gasteiger partial charge in [0.2, 0.25) is 0 Å². The zero-order chi connectivity index (χ0) is 11.6. The molecular weight excluding hydrogens is 222 g/mol. The lowest BCUT2D eigenvalue weighted by Gasteiger charge is -2.12. The molecule has 1 aliphatic rings. The minimum atomic E-state index is -0.349. The molecule has 3 nitrogen and oxygen atoms in total. The van der Waals surface area contributed by atoms with E-state index in [0.29, 0.717) is 13.2 Å². The van der Waals surface area contributed by atoms with Gasteiger partial charge in [0.05, 0.1) is 12.7 Å². The van der Waals surface area contributed by atoms with Crippen molar-refractivity contribution in [3.8, 4) is 0 Å². The first-order chi connectivity index (χ1) is 7.83.